The third-order valence-corrected chi connectivity index (χ3v) is 4.28. The number of carbonyl (C=O) groups excluding carboxylic acids is 1. The van der Waals surface area contributed by atoms with Crippen LogP contribution in [0.1, 0.15) is 27.3 Å². The fraction of sp³-hybridized carbons (Fsp3) is 0.263. The van der Waals surface area contributed by atoms with Gasteiger partial charge in [-0.15, -0.1) is 0 Å². The van der Waals surface area contributed by atoms with Crippen molar-refractivity contribution < 1.29 is 4.79 Å². The maximum Gasteiger partial charge on any atom is 0.256 e. The SMILES string of the molecule is Cc1cc(NC(=O)c2cccc(N(C)C)c2)n(-c2nc(C)c(C)c(=O)[nH]2)n1. The number of rotatable bonds is 4. The zero-order chi connectivity index (χ0) is 19.7. The molecule has 8 nitrogen and oxygen atoms in total. The molecule has 0 unspecified atom stereocenters. The molecule has 0 spiro atoms. The van der Waals surface area contributed by atoms with Gasteiger partial charge in [-0.3, -0.25) is 14.6 Å². The standard InChI is InChI=1S/C19H22N6O2/c1-11-9-16(21-18(27)14-7-6-8-15(10-14)24(4)5)25(23-11)19-20-13(3)12(2)17(26)22-19/h6-10H,1-5H3,(H,21,27)(H,20,22,26). The summed E-state index contributed by atoms with van der Waals surface area (Å²) in [7, 11) is 3.83. The van der Waals surface area contributed by atoms with Crippen LogP contribution in [0, 0.1) is 20.8 Å². The molecule has 2 N–H and O–H groups in total. The van der Waals surface area contributed by atoms with Gasteiger partial charge in [0, 0.05) is 42.7 Å². The normalized spacial score (nSPS) is 10.7. The quantitative estimate of drug-likeness (QED) is 0.738. The number of hydrogen-bond acceptors (Lipinski definition) is 5. The summed E-state index contributed by atoms with van der Waals surface area (Å²) < 4.78 is 1.43. The van der Waals surface area contributed by atoms with Crippen molar-refractivity contribution in [2.75, 3.05) is 24.3 Å². The Bertz CT molecular complexity index is 1060. The monoisotopic (exact) mass is 366 g/mol. The molecule has 0 saturated heterocycles. The largest absolute Gasteiger partial charge is 0.378 e. The summed E-state index contributed by atoms with van der Waals surface area (Å²) in [6, 6.07) is 9.03. The van der Waals surface area contributed by atoms with E-state index in [1.807, 2.05) is 31.1 Å². The molecule has 140 valence electrons. The minimum atomic E-state index is -0.272. The summed E-state index contributed by atoms with van der Waals surface area (Å²) in [4.78, 5) is 33.8. The summed E-state index contributed by atoms with van der Waals surface area (Å²) in [5, 5.41) is 7.19. The van der Waals surface area contributed by atoms with Gasteiger partial charge in [-0.2, -0.15) is 9.78 Å². The number of nitrogens with zero attached hydrogens (tertiary/aromatic N) is 4. The van der Waals surface area contributed by atoms with E-state index in [0.717, 1.165) is 5.69 Å². The summed E-state index contributed by atoms with van der Waals surface area (Å²) in [5.74, 6) is 0.415. The van der Waals surface area contributed by atoms with E-state index in [9.17, 15) is 9.59 Å². The highest BCUT2D eigenvalue weighted by molar-refractivity contribution is 6.04. The number of amides is 1. The Morgan fingerprint density at radius 2 is 1.93 bits per heavy atom. The Kier molecular flexibility index (Phi) is 4.81. The molecule has 0 aliphatic heterocycles. The van der Waals surface area contributed by atoms with Gasteiger partial charge in [0.2, 0.25) is 5.95 Å². The van der Waals surface area contributed by atoms with Crippen molar-refractivity contribution in [2.45, 2.75) is 20.8 Å². The van der Waals surface area contributed by atoms with E-state index in [0.29, 0.717) is 28.3 Å². The van der Waals surface area contributed by atoms with Gasteiger partial charge in [-0.1, -0.05) is 6.07 Å². The number of carbonyl (C=O) groups is 1. The summed E-state index contributed by atoms with van der Waals surface area (Å²) >= 11 is 0. The predicted octanol–water partition coefficient (Wildman–Crippen LogP) is 2.20. The van der Waals surface area contributed by atoms with E-state index in [4.69, 9.17) is 0 Å². The van der Waals surface area contributed by atoms with Crippen molar-refractivity contribution in [3.8, 4) is 5.95 Å². The fourth-order valence-corrected chi connectivity index (χ4v) is 2.59. The zero-order valence-corrected chi connectivity index (χ0v) is 16.0. The number of nitrogens with one attached hydrogen (secondary N) is 2. The Balaban J connectivity index is 1.96. The van der Waals surface area contributed by atoms with Crippen LogP contribution in [-0.4, -0.2) is 39.8 Å². The minimum absolute atomic E-state index is 0.235. The van der Waals surface area contributed by atoms with Crippen molar-refractivity contribution in [1.29, 1.82) is 0 Å². The highest BCUT2D eigenvalue weighted by Crippen LogP contribution is 2.18. The van der Waals surface area contributed by atoms with E-state index in [-0.39, 0.29) is 17.4 Å². The van der Waals surface area contributed by atoms with Crippen molar-refractivity contribution in [3.63, 3.8) is 0 Å². The van der Waals surface area contributed by atoms with Crippen LogP contribution < -0.4 is 15.8 Å². The number of aromatic nitrogens is 4. The zero-order valence-electron chi connectivity index (χ0n) is 16.0. The van der Waals surface area contributed by atoms with Crippen LogP contribution in [-0.2, 0) is 0 Å². The molecular weight excluding hydrogens is 344 g/mol. The minimum Gasteiger partial charge on any atom is -0.378 e. The lowest BCUT2D eigenvalue weighted by molar-refractivity contribution is 0.102. The molecule has 0 saturated carbocycles. The van der Waals surface area contributed by atoms with Gasteiger partial charge in [-0.05, 0) is 39.0 Å². The van der Waals surface area contributed by atoms with E-state index in [1.54, 1.807) is 39.0 Å². The predicted molar refractivity (Wildman–Crippen MR) is 105 cm³/mol. The van der Waals surface area contributed by atoms with Gasteiger partial charge in [0.1, 0.15) is 5.82 Å². The first kappa shape index (κ1) is 18.4. The van der Waals surface area contributed by atoms with Crippen molar-refractivity contribution in [1.82, 2.24) is 19.7 Å². The second-order valence-electron chi connectivity index (χ2n) is 6.58. The van der Waals surface area contributed by atoms with Gasteiger partial charge in [-0.25, -0.2) is 4.98 Å². The van der Waals surface area contributed by atoms with Crippen LogP contribution in [0.15, 0.2) is 35.1 Å². The maximum absolute atomic E-state index is 12.7. The fourth-order valence-electron chi connectivity index (χ4n) is 2.59. The van der Waals surface area contributed by atoms with Crippen molar-refractivity contribution in [2.24, 2.45) is 0 Å². The van der Waals surface area contributed by atoms with Crippen LogP contribution >= 0.6 is 0 Å². The lowest BCUT2D eigenvalue weighted by atomic mass is 10.2. The highest BCUT2D eigenvalue weighted by atomic mass is 16.2. The molecule has 27 heavy (non-hydrogen) atoms. The molecular formula is C19H22N6O2. The van der Waals surface area contributed by atoms with Gasteiger partial charge in [0.15, 0.2) is 0 Å². The van der Waals surface area contributed by atoms with Gasteiger partial charge in [0.25, 0.3) is 11.5 Å². The van der Waals surface area contributed by atoms with Crippen LogP contribution in [0.25, 0.3) is 5.95 Å². The first-order valence-electron chi connectivity index (χ1n) is 8.49. The number of hydrogen-bond donors (Lipinski definition) is 2. The topological polar surface area (TPSA) is 95.9 Å². The maximum atomic E-state index is 12.7. The molecule has 2 heterocycles. The van der Waals surface area contributed by atoms with Crippen molar-refractivity contribution in [3.05, 3.63) is 63.2 Å². The Morgan fingerprint density at radius 3 is 2.59 bits per heavy atom. The molecule has 0 aliphatic carbocycles. The molecule has 0 fully saturated rings. The van der Waals surface area contributed by atoms with E-state index >= 15 is 0 Å². The third-order valence-electron chi connectivity index (χ3n) is 4.28. The van der Waals surface area contributed by atoms with Gasteiger partial charge >= 0.3 is 0 Å². The first-order chi connectivity index (χ1) is 12.8. The van der Waals surface area contributed by atoms with E-state index in [1.165, 1.54) is 4.68 Å². The molecule has 0 radical (unpaired) electrons. The van der Waals surface area contributed by atoms with Gasteiger partial charge in [0.05, 0.1) is 5.69 Å². The number of aromatic amines is 1. The van der Waals surface area contributed by atoms with Crippen molar-refractivity contribution >= 4 is 17.4 Å². The van der Waals surface area contributed by atoms with Gasteiger partial charge < -0.3 is 10.2 Å². The van der Waals surface area contributed by atoms with E-state index in [2.05, 4.69) is 20.4 Å². The second-order valence-corrected chi connectivity index (χ2v) is 6.58. The molecule has 1 amide bonds. The van der Waals surface area contributed by atoms with E-state index < -0.39 is 0 Å². The number of anilines is 2. The Morgan fingerprint density at radius 1 is 1.19 bits per heavy atom. The number of aryl methyl sites for hydroxylation is 2. The highest BCUT2D eigenvalue weighted by Gasteiger charge is 2.15. The molecule has 8 heteroatoms. The van der Waals surface area contributed by atoms with Crippen LogP contribution in [0.2, 0.25) is 0 Å². The van der Waals surface area contributed by atoms with Crippen LogP contribution in [0.3, 0.4) is 0 Å². The average molecular weight is 366 g/mol. The lowest BCUT2D eigenvalue weighted by Crippen LogP contribution is -2.21. The second kappa shape index (κ2) is 7.06. The summed E-state index contributed by atoms with van der Waals surface area (Å²) in [6.45, 7) is 5.27. The molecule has 0 bridgehead atoms. The van der Waals surface area contributed by atoms with Crippen LogP contribution in [0.4, 0.5) is 11.5 Å². The first-order valence-corrected chi connectivity index (χ1v) is 8.49. The third kappa shape index (κ3) is 3.74. The lowest BCUT2D eigenvalue weighted by Gasteiger charge is -2.14. The van der Waals surface area contributed by atoms with Crippen LogP contribution in [0.5, 0.6) is 0 Å². The smallest absolute Gasteiger partial charge is 0.256 e. The summed E-state index contributed by atoms with van der Waals surface area (Å²) in [5.41, 5.74) is 3.06. The Hall–Kier alpha value is -3.42. The molecule has 1 aromatic carbocycles. The summed E-state index contributed by atoms with van der Waals surface area (Å²) in [6.07, 6.45) is 0. The molecule has 0 atom stereocenters. The average Bonchev–Trinajstić information content (AvgIpc) is 2.99. The number of benzene rings is 1. The number of H-pyrrole nitrogens is 1. The molecule has 0 aliphatic rings. The molecule has 3 rings (SSSR count). The Labute approximate surface area is 156 Å². The molecule has 3 aromatic rings. The molecule has 2 aromatic heterocycles.